The molecule has 2 unspecified atom stereocenters. The Bertz CT molecular complexity index is 433. The number of thiazole rings is 1. The minimum atomic E-state index is -1.07. The van der Waals surface area contributed by atoms with Crippen molar-refractivity contribution in [2.24, 2.45) is 5.73 Å². The van der Waals surface area contributed by atoms with E-state index in [1.165, 1.54) is 16.7 Å². The molecule has 0 aliphatic heterocycles. The molecule has 0 aliphatic rings. The Hall–Kier alpha value is -1.47. The van der Waals surface area contributed by atoms with Crippen LogP contribution in [0.15, 0.2) is 5.38 Å². The molecule has 0 saturated carbocycles. The van der Waals surface area contributed by atoms with Gasteiger partial charge in [0.2, 0.25) is 5.91 Å². The van der Waals surface area contributed by atoms with Crippen LogP contribution in [-0.4, -0.2) is 28.0 Å². The third-order valence-corrected chi connectivity index (χ3v) is 3.49. The van der Waals surface area contributed by atoms with Crippen molar-refractivity contribution in [2.75, 3.05) is 0 Å². The average molecular weight is 271 g/mol. The molecule has 0 aromatic carbocycles. The monoisotopic (exact) mass is 271 g/mol. The average Bonchev–Trinajstić information content (AvgIpc) is 2.77. The lowest BCUT2D eigenvalue weighted by Crippen LogP contribution is -2.32. The van der Waals surface area contributed by atoms with E-state index in [0.29, 0.717) is 5.01 Å². The van der Waals surface area contributed by atoms with Crippen molar-refractivity contribution in [1.29, 1.82) is 0 Å². The molecular weight excluding hydrogens is 254 g/mol. The smallest absolute Gasteiger partial charge is 0.355 e. The van der Waals surface area contributed by atoms with E-state index >= 15 is 0 Å². The van der Waals surface area contributed by atoms with Gasteiger partial charge >= 0.3 is 5.97 Å². The molecule has 0 aliphatic carbocycles. The van der Waals surface area contributed by atoms with Crippen LogP contribution in [0.25, 0.3) is 0 Å². The number of aromatic nitrogens is 1. The van der Waals surface area contributed by atoms with Crippen molar-refractivity contribution in [3.63, 3.8) is 0 Å². The Balaban J connectivity index is 2.56. The zero-order valence-electron chi connectivity index (χ0n) is 10.3. The molecule has 0 saturated heterocycles. The van der Waals surface area contributed by atoms with Crippen LogP contribution in [0.2, 0.25) is 0 Å². The summed E-state index contributed by atoms with van der Waals surface area (Å²) < 4.78 is 0. The maximum Gasteiger partial charge on any atom is 0.355 e. The van der Waals surface area contributed by atoms with Crippen LogP contribution in [0.3, 0.4) is 0 Å². The van der Waals surface area contributed by atoms with Gasteiger partial charge in [-0.2, -0.15) is 0 Å². The van der Waals surface area contributed by atoms with E-state index in [-0.39, 0.29) is 30.1 Å². The van der Waals surface area contributed by atoms with Crippen molar-refractivity contribution >= 4 is 23.2 Å². The molecule has 7 heteroatoms. The number of nitrogens with zero attached hydrogens (tertiary/aromatic N) is 1. The Morgan fingerprint density at radius 3 is 2.78 bits per heavy atom. The van der Waals surface area contributed by atoms with E-state index < -0.39 is 5.97 Å². The topological polar surface area (TPSA) is 105 Å². The fourth-order valence-corrected chi connectivity index (χ4v) is 2.13. The van der Waals surface area contributed by atoms with E-state index in [4.69, 9.17) is 10.8 Å². The van der Waals surface area contributed by atoms with Gasteiger partial charge in [-0.3, -0.25) is 4.79 Å². The first-order chi connectivity index (χ1) is 8.43. The van der Waals surface area contributed by atoms with E-state index in [2.05, 4.69) is 10.3 Å². The number of hydrogen-bond acceptors (Lipinski definition) is 5. The van der Waals surface area contributed by atoms with E-state index in [9.17, 15) is 9.59 Å². The van der Waals surface area contributed by atoms with Crippen LogP contribution in [0.1, 0.15) is 48.2 Å². The zero-order valence-corrected chi connectivity index (χ0v) is 11.2. The third-order valence-electron chi connectivity index (χ3n) is 2.46. The van der Waals surface area contributed by atoms with Gasteiger partial charge in [0.05, 0.1) is 6.04 Å². The summed E-state index contributed by atoms with van der Waals surface area (Å²) in [6.45, 7) is 3.68. The molecule has 2 atom stereocenters. The van der Waals surface area contributed by atoms with Crippen molar-refractivity contribution < 1.29 is 14.7 Å². The maximum atomic E-state index is 11.6. The fourth-order valence-electron chi connectivity index (χ4n) is 1.33. The molecule has 100 valence electrons. The summed E-state index contributed by atoms with van der Waals surface area (Å²) in [5.41, 5.74) is 5.68. The second-order valence-electron chi connectivity index (χ2n) is 4.04. The number of nitrogens with two attached hydrogens (primary N) is 1. The van der Waals surface area contributed by atoms with E-state index in [0.717, 1.165) is 6.42 Å². The molecule has 1 aromatic heterocycles. The van der Waals surface area contributed by atoms with Gasteiger partial charge in [-0.05, 0) is 13.3 Å². The SMILES string of the molecule is CCC(N)CC(=O)NC(C)c1nc(C(=O)O)cs1. The summed E-state index contributed by atoms with van der Waals surface area (Å²) >= 11 is 1.21. The molecule has 1 rings (SSSR count). The number of carboxylic acid groups (broad SMARTS) is 1. The highest BCUT2D eigenvalue weighted by Gasteiger charge is 2.16. The number of aromatic carboxylic acids is 1. The molecule has 0 radical (unpaired) electrons. The first-order valence-electron chi connectivity index (χ1n) is 5.67. The molecule has 0 spiro atoms. The lowest BCUT2D eigenvalue weighted by molar-refractivity contribution is -0.122. The van der Waals surface area contributed by atoms with Gasteiger partial charge in [0.25, 0.3) is 0 Å². The summed E-state index contributed by atoms with van der Waals surface area (Å²) in [7, 11) is 0. The van der Waals surface area contributed by atoms with Crippen molar-refractivity contribution in [1.82, 2.24) is 10.3 Å². The van der Waals surface area contributed by atoms with Gasteiger partial charge in [-0.25, -0.2) is 9.78 Å². The van der Waals surface area contributed by atoms with Gasteiger partial charge in [-0.15, -0.1) is 11.3 Å². The highest BCUT2D eigenvalue weighted by atomic mass is 32.1. The summed E-state index contributed by atoms with van der Waals surface area (Å²) in [5, 5.41) is 13.5. The van der Waals surface area contributed by atoms with Crippen LogP contribution >= 0.6 is 11.3 Å². The zero-order chi connectivity index (χ0) is 13.7. The molecule has 0 bridgehead atoms. The third kappa shape index (κ3) is 4.08. The number of hydrogen-bond donors (Lipinski definition) is 3. The Morgan fingerprint density at radius 2 is 2.28 bits per heavy atom. The number of carboxylic acids is 1. The van der Waals surface area contributed by atoms with Crippen LogP contribution < -0.4 is 11.1 Å². The van der Waals surface area contributed by atoms with Crippen molar-refractivity contribution in [3.05, 3.63) is 16.1 Å². The quantitative estimate of drug-likeness (QED) is 0.719. The Labute approximate surface area is 109 Å². The highest BCUT2D eigenvalue weighted by molar-refractivity contribution is 7.09. The van der Waals surface area contributed by atoms with E-state index in [1.807, 2.05) is 6.92 Å². The molecule has 1 heterocycles. The predicted molar refractivity (Wildman–Crippen MR) is 68.5 cm³/mol. The molecule has 0 fully saturated rings. The van der Waals surface area contributed by atoms with Gasteiger partial charge < -0.3 is 16.2 Å². The highest BCUT2D eigenvalue weighted by Crippen LogP contribution is 2.18. The molecule has 4 N–H and O–H groups in total. The molecule has 1 amide bonds. The van der Waals surface area contributed by atoms with Crippen LogP contribution in [0.4, 0.5) is 0 Å². The number of carbonyl (C=O) groups is 2. The summed E-state index contributed by atoms with van der Waals surface area (Å²) in [4.78, 5) is 26.2. The first kappa shape index (κ1) is 14.6. The van der Waals surface area contributed by atoms with Crippen LogP contribution in [0.5, 0.6) is 0 Å². The van der Waals surface area contributed by atoms with Gasteiger partial charge in [0.1, 0.15) is 5.01 Å². The molecule has 1 aromatic rings. The second-order valence-corrected chi connectivity index (χ2v) is 4.93. The van der Waals surface area contributed by atoms with Crippen molar-refractivity contribution in [3.8, 4) is 0 Å². The fraction of sp³-hybridized carbons (Fsp3) is 0.545. The standard InChI is InChI=1S/C11H17N3O3S/c1-3-7(12)4-9(15)13-6(2)10-14-8(5-18-10)11(16)17/h5-7H,3-4,12H2,1-2H3,(H,13,15)(H,16,17). The maximum absolute atomic E-state index is 11.6. The van der Waals surface area contributed by atoms with Crippen molar-refractivity contribution in [2.45, 2.75) is 38.8 Å². The van der Waals surface area contributed by atoms with E-state index in [1.54, 1.807) is 6.92 Å². The number of amides is 1. The second kappa shape index (κ2) is 6.46. The lowest BCUT2D eigenvalue weighted by atomic mass is 10.1. The summed E-state index contributed by atoms with van der Waals surface area (Å²) in [5.74, 6) is -1.21. The first-order valence-corrected chi connectivity index (χ1v) is 6.55. The predicted octanol–water partition coefficient (Wildman–Crippen LogP) is 1.15. The number of nitrogens with one attached hydrogen (secondary N) is 1. The number of carbonyl (C=O) groups excluding carboxylic acids is 1. The summed E-state index contributed by atoms with van der Waals surface area (Å²) in [6, 6.07) is -0.456. The lowest BCUT2D eigenvalue weighted by Gasteiger charge is -2.13. The largest absolute Gasteiger partial charge is 0.476 e. The van der Waals surface area contributed by atoms with Gasteiger partial charge in [0, 0.05) is 17.8 Å². The van der Waals surface area contributed by atoms with Gasteiger partial charge in [-0.1, -0.05) is 6.92 Å². The molecule has 6 nitrogen and oxygen atoms in total. The normalized spacial score (nSPS) is 13.9. The summed E-state index contributed by atoms with van der Waals surface area (Å²) in [6.07, 6.45) is 1.00. The van der Waals surface area contributed by atoms with Gasteiger partial charge in [0.15, 0.2) is 5.69 Å². The number of rotatable bonds is 6. The molecular formula is C11H17N3O3S. The Kier molecular flexibility index (Phi) is 5.24. The minimum absolute atomic E-state index is 0.00126. The molecule has 18 heavy (non-hydrogen) atoms. The Morgan fingerprint density at radius 1 is 1.61 bits per heavy atom. The van der Waals surface area contributed by atoms with Crippen LogP contribution in [0, 0.1) is 0 Å². The minimum Gasteiger partial charge on any atom is -0.476 e. The van der Waals surface area contributed by atoms with Crippen LogP contribution in [-0.2, 0) is 4.79 Å².